The number of para-hydroxylation sites is 1. The van der Waals surface area contributed by atoms with Crippen LogP contribution in [-0.2, 0) is 0 Å². The summed E-state index contributed by atoms with van der Waals surface area (Å²) in [7, 11) is 1.91. The molecule has 3 heteroatoms. The molecule has 0 amide bonds. The van der Waals surface area contributed by atoms with E-state index in [0.29, 0.717) is 5.56 Å². The Labute approximate surface area is 84.7 Å². The Morgan fingerprint density at radius 2 is 2.14 bits per heavy atom. The van der Waals surface area contributed by atoms with E-state index in [1.807, 2.05) is 32.2 Å². The minimum absolute atomic E-state index is 0.709. The number of benzene rings is 1. The van der Waals surface area contributed by atoms with Crippen LogP contribution in [0.15, 0.2) is 18.2 Å². The Balaban J connectivity index is 2.78. The smallest absolute Gasteiger partial charge is 0.101 e. The van der Waals surface area contributed by atoms with Crippen LogP contribution >= 0.6 is 0 Å². The zero-order chi connectivity index (χ0) is 10.4. The number of likely N-dealkylation sites (N-methyl/N-ethyl adjacent to an activating group) is 1. The van der Waals surface area contributed by atoms with Crippen molar-refractivity contribution in [1.82, 2.24) is 5.32 Å². The van der Waals surface area contributed by atoms with Crippen LogP contribution in [-0.4, -0.2) is 20.1 Å². The molecule has 0 fully saturated rings. The molecule has 0 aromatic heterocycles. The van der Waals surface area contributed by atoms with Crippen LogP contribution in [0.5, 0.6) is 0 Å². The van der Waals surface area contributed by atoms with Crippen molar-refractivity contribution >= 4 is 5.69 Å². The van der Waals surface area contributed by atoms with Crippen molar-refractivity contribution in [2.75, 3.05) is 25.5 Å². The molecule has 0 heterocycles. The second-order valence-electron chi connectivity index (χ2n) is 3.14. The van der Waals surface area contributed by atoms with E-state index in [9.17, 15) is 0 Å². The normalized spacial score (nSPS) is 9.50. The zero-order valence-corrected chi connectivity index (χ0v) is 8.59. The van der Waals surface area contributed by atoms with Crippen molar-refractivity contribution in [3.05, 3.63) is 29.3 Å². The highest BCUT2D eigenvalue weighted by Gasteiger charge is 2.02. The lowest BCUT2D eigenvalue weighted by molar-refractivity contribution is 0.823. The number of nitrogens with one attached hydrogen (secondary N) is 2. The molecule has 0 atom stereocenters. The van der Waals surface area contributed by atoms with Crippen molar-refractivity contribution in [3.63, 3.8) is 0 Å². The number of nitrogens with zero attached hydrogens (tertiary/aromatic N) is 1. The largest absolute Gasteiger partial charge is 0.382 e. The number of anilines is 1. The molecule has 0 aliphatic carbocycles. The summed E-state index contributed by atoms with van der Waals surface area (Å²) in [6.45, 7) is 3.72. The zero-order valence-electron chi connectivity index (χ0n) is 8.59. The van der Waals surface area contributed by atoms with Gasteiger partial charge < -0.3 is 10.6 Å². The lowest BCUT2D eigenvalue weighted by Gasteiger charge is -2.10. The molecule has 0 aliphatic rings. The van der Waals surface area contributed by atoms with Crippen molar-refractivity contribution in [2.24, 2.45) is 0 Å². The van der Waals surface area contributed by atoms with E-state index in [2.05, 4.69) is 16.7 Å². The van der Waals surface area contributed by atoms with Gasteiger partial charge in [0, 0.05) is 13.1 Å². The molecule has 0 radical (unpaired) electrons. The summed E-state index contributed by atoms with van der Waals surface area (Å²) >= 11 is 0. The maximum absolute atomic E-state index is 8.89. The first kappa shape index (κ1) is 10.6. The van der Waals surface area contributed by atoms with Crippen LogP contribution in [0.25, 0.3) is 0 Å². The lowest BCUT2D eigenvalue weighted by atomic mass is 10.1. The van der Waals surface area contributed by atoms with Crippen LogP contribution in [0.2, 0.25) is 0 Å². The van der Waals surface area contributed by atoms with Gasteiger partial charge in [-0.1, -0.05) is 12.1 Å². The van der Waals surface area contributed by atoms with E-state index >= 15 is 0 Å². The van der Waals surface area contributed by atoms with Crippen LogP contribution in [0.4, 0.5) is 5.69 Å². The summed E-state index contributed by atoms with van der Waals surface area (Å²) in [5.41, 5.74) is 2.77. The molecule has 0 aliphatic heterocycles. The van der Waals surface area contributed by atoms with Crippen LogP contribution in [0.3, 0.4) is 0 Å². The Kier molecular flexibility index (Phi) is 3.96. The third kappa shape index (κ3) is 2.48. The van der Waals surface area contributed by atoms with Crippen LogP contribution in [0, 0.1) is 18.3 Å². The fraction of sp³-hybridized carbons (Fsp3) is 0.364. The standard InChI is InChI=1S/C11H15N3/c1-9-4-3-5-10(8-12)11(9)14-7-6-13-2/h3-5,13-14H,6-7H2,1-2H3. The molecular formula is C11H15N3. The van der Waals surface area contributed by atoms with E-state index < -0.39 is 0 Å². The molecule has 1 rings (SSSR count). The Bertz CT molecular complexity index is 339. The first-order valence-corrected chi connectivity index (χ1v) is 4.67. The average Bonchev–Trinajstić information content (AvgIpc) is 2.20. The first-order chi connectivity index (χ1) is 6.79. The van der Waals surface area contributed by atoms with Gasteiger partial charge in [-0.05, 0) is 25.6 Å². The quantitative estimate of drug-likeness (QED) is 0.706. The van der Waals surface area contributed by atoms with E-state index in [4.69, 9.17) is 5.26 Å². The summed E-state index contributed by atoms with van der Waals surface area (Å²) < 4.78 is 0. The van der Waals surface area contributed by atoms with Gasteiger partial charge in [0.05, 0.1) is 11.3 Å². The van der Waals surface area contributed by atoms with E-state index in [0.717, 1.165) is 24.3 Å². The van der Waals surface area contributed by atoms with Gasteiger partial charge in [0.25, 0.3) is 0 Å². The van der Waals surface area contributed by atoms with Gasteiger partial charge in [-0.25, -0.2) is 0 Å². The first-order valence-electron chi connectivity index (χ1n) is 4.67. The van der Waals surface area contributed by atoms with E-state index in [1.165, 1.54) is 0 Å². The topological polar surface area (TPSA) is 47.8 Å². The lowest BCUT2D eigenvalue weighted by Crippen LogP contribution is -2.18. The number of hydrogen-bond acceptors (Lipinski definition) is 3. The highest BCUT2D eigenvalue weighted by atomic mass is 14.9. The summed E-state index contributed by atoms with van der Waals surface area (Å²) in [6, 6.07) is 7.91. The van der Waals surface area contributed by atoms with Crippen molar-refractivity contribution in [1.29, 1.82) is 5.26 Å². The molecule has 0 saturated carbocycles. The van der Waals surface area contributed by atoms with Crippen LogP contribution in [0.1, 0.15) is 11.1 Å². The molecule has 0 bridgehead atoms. The number of rotatable bonds is 4. The SMILES string of the molecule is CNCCNc1c(C)cccc1C#N. The minimum Gasteiger partial charge on any atom is -0.382 e. The summed E-state index contributed by atoms with van der Waals surface area (Å²) in [5, 5.41) is 15.2. The van der Waals surface area contributed by atoms with Gasteiger partial charge in [0.15, 0.2) is 0 Å². The molecule has 0 saturated heterocycles. The maximum Gasteiger partial charge on any atom is 0.101 e. The molecule has 14 heavy (non-hydrogen) atoms. The van der Waals surface area contributed by atoms with Gasteiger partial charge in [0.2, 0.25) is 0 Å². The van der Waals surface area contributed by atoms with Crippen LogP contribution < -0.4 is 10.6 Å². The predicted octanol–water partition coefficient (Wildman–Crippen LogP) is 1.50. The predicted molar refractivity (Wildman–Crippen MR) is 58.3 cm³/mol. The maximum atomic E-state index is 8.89. The van der Waals surface area contributed by atoms with Gasteiger partial charge in [-0.2, -0.15) is 5.26 Å². The van der Waals surface area contributed by atoms with Gasteiger partial charge in [0.1, 0.15) is 6.07 Å². The van der Waals surface area contributed by atoms with E-state index in [1.54, 1.807) is 0 Å². The fourth-order valence-corrected chi connectivity index (χ4v) is 1.31. The van der Waals surface area contributed by atoms with Crippen molar-refractivity contribution in [3.8, 4) is 6.07 Å². The second-order valence-corrected chi connectivity index (χ2v) is 3.14. The third-order valence-corrected chi connectivity index (χ3v) is 2.07. The molecular weight excluding hydrogens is 174 g/mol. The highest BCUT2D eigenvalue weighted by Crippen LogP contribution is 2.18. The minimum atomic E-state index is 0.709. The summed E-state index contributed by atoms with van der Waals surface area (Å²) in [5.74, 6) is 0. The Morgan fingerprint density at radius 1 is 1.36 bits per heavy atom. The monoisotopic (exact) mass is 189 g/mol. The average molecular weight is 189 g/mol. The molecule has 3 nitrogen and oxygen atoms in total. The van der Waals surface area contributed by atoms with E-state index in [-0.39, 0.29) is 0 Å². The summed E-state index contributed by atoms with van der Waals surface area (Å²) in [4.78, 5) is 0. The number of nitriles is 1. The number of hydrogen-bond donors (Lipinski definition) is 2. The third-order valence-electron chi connectivity index (χ3n) is 2.07. The molecule has 1 aromatic carbocycles. The van der Waals surface area contributed by atoms with Gasteiger partial charge in [-0.15, -0.1) is 0 Å². The Morgan fingerprint density at radius 3 is 2.79 bits per heavy atom. The summed E-state index contributed by atoms with van der Waals surface area (Å²) in [6.07, 6.45) is 0. The van der Waals surface area contributed by atoms with Gasteiger partial charge in [-0.3, -0.25) is 0 Å². The number of aryl methyl sites for hydroxylation is 1. The molecule has 2 N–H and O–H groups in total. The molecule has 0 unspecified atom stereocenters. The molecule has 74 valence electrons. The highest BCUT2D eigenvalue weighted by molar-refractivity contribution is 5.62. The molecule has 1 aromatic rings. The van der Waals surface area contributed by atoms with Crippen molar-refractivity contribution in [2.45, 2.75) is 6.92 Å². The van der Waals surface area contributed by atoms with Crippen molar-refractivity contribution < 1.29 is 0 Å². The second kappa shape index (κ2) is 5.25. The van der Waals surface area contributed by atoms with Gasteiger partial charge >= 0.3 is 0 Å². The fourth-order valence-electron chi connectivity index (χ4n) is 1.31. The Hall–Kier alpha value is -1.53. The molecule has 0 spiro atoms.